The first kappa shape index (κ1) is 8.99. The zero-order chi connectivity index (χ0) is 10.2. The van der Waals surface area contributed by atoms with Gasteiger partial charge in [-0.05, 0) is 30.5 Å². The van der Waals surface area contributed by atoms with Gasteiger partial charge in [0.2, 0.25) is 0 Å². The Morgan fingerprint density at radius 3 is 2.71 bits per heavy atom. The lowest BCUT2D eigenvalue weighted by Crippen LogP contribution is -2.38. The number of amides is 2. The molecule has 0 aliphatic heterocycles. The SMILES string of the molecule is NC(=O)NC1(c2cccc(F)c2)CC1. The number of nitrogens with one attached hydrogen (secondary N) is 1. The van der Waals surface area contributed by atoms with E-state index in [0.717, 1.165) is 18.4 Å². The number of primary amides is 1. The van der Waals surface area contributed by atoms with E-state index in [-0.39, 0.29) is 5.82 Å². The van der Waals surface area contributed by atoms with E-state index in [1.807, 2.05) is 0 Å². The maximum absolute atomic E-state index is 12.9. The second-order valence-electron chi connectivity index (χ2n) is 3.58. The summed E-state index contributed by atoms with van der Waals surface area (Å²) in [5.41, 5.74) is 5.43. The Hall–Kier alpha value is -1.58. The van der Waals surface area contributed by atoms with Gasteiger partial charge in [-0.2, -0.15) is 0 Å². The molecule has 1 aromatic rings. The Balaban J connectivity index is 2.26. The highest BCUT2D eigenvalue weighted by molar-refractivity contribution is 5.73. The first-order chi connectivity index (χ1) is 6.62. The van der Waals surface area contributed by atoms with Crippen molar-refractivity contribution in [3.8, 4) is 0 Å². The molecule has 0 atom stereocenters. The van der Waals surface area contributed by atoms with E-state index in [2.05, 4.69) is 5.32 Å². The van der Waals surface area contributed by atoms with E-state index in [4.69, 9.17) is 5.73 Å². The number of urea groups is 1. The molecule has 2 amide bonds. The molecular weight excluding hydrogens is 183 g/mol. The maximum Gasteiger partial charge on any atom is 0.312 e. The van der Waals surface area contributed by atoms with Crippen molar-refractivity contribution < 1.29 is 9.18 Å². The standard InChI is InChI=1S/C10H11FN2O/c11-8-3-1-2-7(6-8)10(4-5-10)13-9(12)14/h1-3,6H,4-5H2,(H3,12,13,14). The average molecular weight is 194 g/mol. The van der Waals surface area contributed by atoms with Gasteiger partial charge in [0.15, 0.2) is 0 Å². The topological polar surface area (TPSA) is 55.1 Å². The molecule has 0 bridgehead atoms. The summed E-state index contributed by atoms with van der Waals surface area (Å²) >= 11 is 0. The Morgan fingerprint density at radius 1 is 1.50 bits per heavy atom. The van der Waals surface area contributed by atoms with Crippen LogP contribution in [0.4, 0.5) is 9.18 Å². The minimum Gasteiger partial charge on any atom is -0.352 e. The largest absolute Gasteiger partial charge is 0.352 e. The van der Waals surface area contributed by atoms with Gasteiger partial charge >= 0.3 is 6.03 Å². The molecule has 0 aromatic heterocycles. The Labute approximate surface area is 81.1 Å². The van der Waals surface area contributed by atoms with Gasteiger partial charge in [-0.25, -0.2) is 9.18 Å². The van der Waals surface area contributed by atoms with Crippen LogP contribution in [-0.4, -0.2) is 6.03 Å². The van der Waals surface area contributed by atoms with Crippen LogP contribution < -0.4 is 11.1 Å². The second-order valence-corrected chi connectivity index (χ2v) is 3.58. The molecule has 0 saturated heterocycles. The van der Waals surface area contributed by atoms with Crippen molar-refractivity contribution in [2.24, 2.45) is 5.73 Å². The van der Waals surface area contributed by atoms with Crippen molar-refractivity contribution in [2.45, 2.75) is 18.4 Å². The van der Waals surface area contributed by atoms with Gasteiger partial charge in [0.25, 0.3) is 0 Å². The Bertz CT molecular complexity index is 374. The number of benzene rings is 1. The van der Waals surface area contributed by atoms with Gasteiger partial charge in [0.05, 0.1) is 5.54 Å². The van der Waals surface area contributed by atoms with Gasteiger partial charge in [-0.3, -0.25) is 0 Å². The minimum atomic E-state index is -0.563. The molecule has 1 saturated carbocycles. The molecule has 3 N–H and O–H groups in total. The zero-order valence-electron chi connectivity index (χ0n) is 7.59. The normalized spacial score (nSPS) is 17.5. The van der Waals surface area contributed by atoms with Gasteiger partial charge in [0.1, 0.15) is 5.82 Å². The third-order valence-corrected chi connectivity index (χ3v) is 2.49. The van der Waals surface area contributed by atoms with E-state index in [1.54, 1.807) is 12.1 Å². The van der Waals surface area contributed by atoms with Crippen molar-refractivity contribution in [3.63, 3.8) is 0 Å². The predicted molar refractivity (Wildman–Crippen MR) is 50.0 cm³/mol. The highest BCUT2D eigenvalue weighted by Gasteiger charge is 2.45. The molecule has 0 radical (unpaired) electrons. The molecule has 0 spiro atoms. The third kappa shape index (κ3) is 1.55. The first-order valence-corrected chi connectivity index (χ1v) is 4.46. The van der Waals surface area contributed by atoms with Crippen LogP contribution in [0.5, 0.6) is 0 Å². The van der Waals surface area contributed by atoms with Gasteiger partial charge < -0.3 is 11.1 Å². The summed E-state index contributed by atoms with van der Waals surface area (Å²) in [5, 5.41) is 2.65. The molecule has 0 unspecified atom stereocenters. The molecule has 3 nitrogen and oxygen atoms in total. The molecule has 2 rings (SSSR count). The van der Waals surface area contributed by atoms with Crippen LogP contribution in [-0.2, 0) is 5.54 Å². The highest BCUT2D eigenvalue weighted by atomic mass is 19.1. The summed E-state index contributed by atoms with van der Waals surface area (Å²) < 4.78 is 12.9. The van der Waals surface area contributed by atoms with E-state index in [1.165, 1.54) is 12.1 Å². The highest BCUT2D eigenvalue weighted by Crippen LogP contribution is 2.45. The van der Waals surface area contributed by atoms with Crippen molar-refractivity contribution in [2.75, 3.05) is 0 Å². The predicted octanol–water partition coefficient (Wildman–Crippen LogP) is 1.48. The molecular formula is C10H11FN2O. The van der Waals surface area contributed by atoms with Crippen LogP contribution in [0, 0.1) is 5.82 Å². The molecule has 1 aromatic carbocycles. The first-order valence-electron chi connectivity index (χ1n) is 4.46. The summed E-state index contributed by atoms with van der Waals surface area (Å²) in [6.07, 6.45) is 1.64. The fourth-order valence-electron chi connectivity index (χ4n) is 1.63. The Kier molecular flexibility index (Phi) is 1.91. The van der Waals surface area contributed by atoms with Crippen LogP contribution in [0.3, 0.4) is 0 Å². The third-order valence-electron chi connectivity index (χ3n) is 2.49. The lowest BCUT2D eigenvalue weighted by atomic mass is 10.1. The molecule has 74 valence electrons. The number of rotatable bonds is 2. The molecule has 4 heteroatoms. The molecule has 14 heavy (non-hydrogen) atoms. The van der Waals surface area contributed by atoms with Crippen molar-refractivity contribution in [1.82, 2.24) is 5.32 Å². The number of carbonyl (C=O) groups is 1. The quantitative estimate of drug-likeness (QED) is 0.736. The molecule has 0 heterocycles. The van der Waals surface area contributed by atoms with E-state index >= 15 is 0 Å². The minimum absolute atomic E-state index is 0.292. The lowest BCUT2D eigenvalue weighted by Gasteiger charge is -2.15. The van der Waals surface area contributed by atoms with Crippen molar-refractivity contribution in [3.05, 3.63) is 35.6 Å². The van der Waals surface area contributed by atoms with Gasteiger partial charge in [-0.15, -0.1) is 0 Å². The fourth-order valence-corrected chi connectivity index (χ4v) is 1.63. The van der Waals surface area contributed by atoms with E-state index in [9.17, 15) is 9.18 Å². The summed E-state index contributed by atoms with van der Waals surface area (Å²) in [5.74, 6) is -0.292. The molecule has 1 aliphatic rings. The Morgan fingerprint density at radius 2 is 2.21 bits per heavy atom. The van der Waals surface area contributed by atoms with Crippen LogP contribution in [0.15, 0.2) is 24.3 Å². The smallest absolute Gasteiger partial charge is 0.312 e. The lowest BCUT2D eigenvalue weighted by molar-refractivity contribution is 0.244. The van der Waals surface area contributed by atoms with Crippen LogP contribution in [0.25, 0.3) is 0 Å². The fraction of sp³-hybridized carbons (Fsp3) is 0.300. The number of hydrogen-bond donors (Lipinski definition) is 2. The summed E-state index contributed by atoms with van der Waals surface area (Å²) in [6.45, 7) is 0. The van der Waals surface area contributed by atoms with Crippen LogP contribution in [0.1, 0.15) is 18.4 Å². The van der Waals surface area contributed by atoms with Gasteiger partial charge in [0, 0.05) is 0 Å². The number of nitrogens with two attached hydrogens (primary N) is 1. The maximum atomic E-state index is 12.9. The second kappa shape index (κ2) is 2.97. The molecule has 1 aliphatic carbocycles. The molecule has 1 fully saturated rings. The van der Waals surface area contributed by atoms with Crippen LogP contribution in [0.2, 0.25) is 0 Å². The van der Waals surface area contributed by atoms with Crippen molar-refractivity contribution in [1.29, 1.82) is 0 Å². The van der Waals surface area contributed by atoms with Gasteiger partial charge in [-0.1, -0.05) is 12.1 Å². The number of halogens is 1. The monoisotopic (exact) mass is 194 g/mol. The summed E-state index contributed by atoms with van der Waals surface area (Å²) in [4.78, 5) is 10.7. The van der Waals surface area contributed by atoms with Crippen molar-refractivity contribution >= 4 is 6.03 Å². The van der Waals surface area contributed by atoms with E-state index in [0.29, 0.717) is 0 Å². The summed E-state index contributed by atoms with van der Waals surface area (Å²) in [7, 11) is 0. The number of carbonyl (C=O) groups excluding carboxylic acids is 1. The number of hydrogen-bond acceptors (Lipinski definition) is 1. The average Bonchev–Trinajstić information content (AvgIpc) is 2.84. The zero-order valence-corrected chi connectivity index (χ0v) is 7.59. The van der Waals surface area contributed by atoms with E-state index < -0.39 is 11.6 Å². The summed E-state index contributed by atoms with van der Waals surface area (Å²) in [6, 6.07) is 5.68. The van der Waals surface area contributed by atoms with Crippen LogP contribution >= 0.6 is 0 Å².